The van der Waals surface area contributed by atoms with Crippen LogP contribution in [0.4, 0.5) is 0 Å². The molecule has 0 atom stereocenters. The van der Waals surface area contributed by atoms with Crippen LogP contribution in [0.3, 0.4) is 0 Å². The molecule has 1 aliphatic heterocycles. The van der Waals surface area contributed by atoms with E-state index in [-0.39, 0.29) is 23.7 Å². The molecule has 2 heterocycles. The van der Waals surface area contributed by atoms with E-state index in [1.807, 2.05) is 0 Å². The van der Waals surface area contributed by atoms with Crippen molar-refractivity contribution in [3.05, 3.63) is 23.9 Å². The van der Waals surface area contributed by atoms with E-state index in [0.717, 1.165) is 6.20 Å². The second-order valence-corrected chi connectivity index (χ2v) is 6.21. The van der Waals surface area contributed by atoms with E-state index in [0.29, 0.717) is 12.8 Å². The Kier molecular flexibility index (Phi) is 3.83. The molecule has 19 heavy (non-hydrogen) atoms. The monoisotopic (exact) mass is 286 g/mol. The number of carboxylic acids is 1. The van der Waals surface area contributed by atoms with Crippen LogP contribution in [0.25, 0.3) is 0 Å². The molecular weight excluding hydrogens is 272 g/mol. The number of sulfonamides is 1. The Balaban J connectivity index is 2.22. The molecule has 1 fully saturated rings. The first kappa shape index (κ1) is 13.9. The summed E-state index contributed by atoms with van der Waals surface area (Å²) >= 11 is 0. The molecule has 1 aromatic rings. The lowest BCUT2D eigenvalue weighted by molar-refractivity contribution is 0.0696. The Morgan fingerprint density at radius 2 is 1.95 bits per heavy atom. The Morgan fingerprint density at radius 1 is 1.32 bits per heavy atom. The van der Waals surface area contributed by atoms with Gasteiger partial charge in [0.1, 0.15) is 0 Å². The lowest BCUT2D eigenvalue weighted by Crippen LogP contribution is -2.40. The summed E-state index contributed by atoms with van der Waals surface area (Å²) in [4.78, 5) is 14.4. The second-order valence-electron chi connectivity index (χ2n) is 4.33. The van der Waals surface area contributed by atoms with Crippen molar-refractivity contribution in [2.75, 3.05) is 13.1 Å². The Labute approximate surface area is 110 Å². The highest BCUT2D eigenvalue weighted by molar-refractivity contribution is 7.89. The van der Waals surface area contributed by atoms with E-state index in [1.54, 1.807) is 0 Å². The number of aliphatic hydroxyl groups excluding tert-OH is 1. The minimum absolute atomic E-state index is 0.0620. The molecule has 1 aromatic heterocycles. The van der Waals surface area contributed by atoms with Crippen LogP contribution in [-0.4, -0.2) is 53.1 Å². The Morgan fingerprint density at radius 3 is 2.42 bits per heavy atom. The third-order valence-electron chi connectivity index (χ3n) is 3.01. The molecule has 0 unspecified atom stereocenters. The van der Waals surface area contributed by atoms with Crippen molar-refractivity contribution in [2.45, 2.75) is 24.0 Å². The van der Waals surface area contributed by atoms with Gasteiger partial charge in [-0.1, -0.05) is 0 Å². The molecule has 2 N–H and O–H groups in total. The van der Waals surface area contributed by atoms with Gasteiger partial charge < -0.3 is 10.2 Å². The number of piperidine rings is 1. The quantitative estimate of drug-likeness (QED) is 0.805. The molecule has 7 nitrogen and oxygen atoms in total. The topological polar surface area (TPSA) is 108 Å². The number of hydrogen-bond acceptors (Lipinski definition) is 5. The fourth-order valence-corrected chi connectivity index (χ4v) is 3.26. The van der Waals surface area contributed by atoms with Crippen LogP contribution in [0.15, 0.2) is 23.4 Å². The normalized spacial score (nSPS) is 18.4. The summed E-state index contributed by atoms with van der Waals surface area (Å²) in [5.41, 5.74) is -0.0620. The van der Waals surface area contributed by atoms with E-state index in [2.05, 4.69) is 4.98 Å². The van der Waals surface area contributed by atoms with E-state index in [1.165, 1.54) is 16.4 Å². The fourth-order valence-electron chi connectivity index (χ4n) is 1.87. The minimum Gasteiger partial charge on any atom is -0.478 e. The summed E-state index contributed by atoms with van der Waals surface area (Å²) in [6, 6.07) is 2.39. The summed E-state index contributed by atoms with van der Waals surface area (Å²) in [6.07, 6.45) is 1.35. The summed E-state index contributed by atoms with van der Waals surface area (Å²) in [5.74, 6) is -1.16. The molecular formula is C11H14N2O5S. The van der Waals surface area contributed by atoms with Gasteiger partial charge in [-0.15, -0.1) is 0 Å². The third-order valence-corrected chi connectivity index (χ3v) is 4.83. The fraction of sp³-hybridized carbons (Fsp3) is 0.455. The first-order chi connectivity index (χ1) is 8.91. The molecule has 104 valence electrons. The predicted octanol–water partition coefficient (Wildman–Crippen LogP) is -0.0748. The van der Waals surface area contributed by atoms with E-state index in [9.17, 15) is 18.3 Å². The van der Waals surface area contributed by atoms with Gasteiger partial charge in [-0.3, -0.25) is 0 Å². The van der Waals surface area contributed by atoms with Gasteiger partial charge in [0, 0.05) is 19.3 Å². The number of pyridine rings is 1. The number of aromatic nitrogens is 1. The summed E-state index contributed by atoms with van der Waals surface area (Å²) < 4.78 is 25.7. The van der Waals surface area contributed by atoms with E-state index < -0.39 is 22.1 Å². The van der Waals surface area contributed by atoms with Crippen LogP contribution < -0.4 is 0 Å². The average molecular weight is 286 g/mol. The molecule has 1 saturated heterocycles. The Hall–Kier alpha value is -1.51. The van der Waals surface area contributed by atoms with Crippen LogP contribution in [0, 0.1) is 0 Å². The van der Waals surface area contributed by atoms with Gasteiger partial charge >= 0.3 is 5.97 Å². The summed E-state index contributed by atoms with van der Waals surface area (Å²) in [5, 5.41) is 17.9. The van der Waals surface area contributed by atoms with Crippen LogP contribution in [-0.2, 0) is 10.0 Å². The molecule has 0 bridgehead atoms. The highest BCUT2D eigenvalue weighted by Gasteiger charge is 2.29. The van der Waals surface area contributed by atoms with Crippen molar-refractivity contribution in [3.8, 4) is 0 Å². The SMILES string of the molecule is O=C(O)c1ccc(S(=O)(=O)N2CCC(O)CC2)nc1. The van der Waals surface area contributed by atoms with E-state index >= 15 is 0 Å². The number of rotatable bonds is 3. The largest absolute Gasteiger partial charge is 0.478 e. The van der Waals surface area contributed by atoms with Gasteiger partial charge in [0.05, 0.1) is 11.7 Å². The van der Waals surface area contributed by atoms with Crippen molar-refractivity contribution in [3.63, 3.8) is 0 Å². The molecule has 0 saturated carbocycles. The number of carboxylic acid groups (broad SMARTS) is 1. The highest BCUT2D eigenvalue weighted by atomic mass is 32.2. The average Bonchev–Trinajstić information content (AvgIpc) is 2.39. The molecule has 0 radical (unpaired) electrons. The highest BCUT2D eigenvalue weighted by Crippen LogP contribution is 2.19. The van der Waals surface area contributed by atoms with Crippen LogP contribution in [0.5, 0.6) is 0 Å². The van der Waals surface area contributed by atoms with Crippen LogP contribution >= 0.6 is 0 Å². The molecule has 1 aliphatic rings. The standard InChI is InChI=1S/C11H14N2O5S/c14-9-3-5-13(6-4-9)19(17,18)10-2-1-8(7-12-10)11(15)16/h1-2,7,9,14H,3-6H2,(H,15,16). The van der Waals surface area contributed by atoms with E-state index in [4.69, 9.17) is 5.11 Å². The minimum atomic E-state index is -3.71. The number of aliphatic hydroxyl groups is 1. The molecule has 8 heteroatoms. The first-order valence-corrected chi connectivity index (χ1v) is 7.23. The summed E-state index contributed by atoms with van der Waals surface area (Å²) in [7, 11) is -3.71. The second kappa shape index (κ2) is 5.24. The lowest BCUT2D eigenvalue weighted by Gasteiger charge is -2.28. The van der Waals surface area contributed by atoms with Gasteiger partial charge in [-0.25, -0.2) is 18.2 Å². The van der Waals surface area contributed by atoms with Crippen molar-refractivity contribution in [1.29, 1.82) is 0 Å². The van der Waals surface area contributed by atoms with Crippen molar-refractivity contribution in [1.82, 2.24) is 9.29 Å². The van der Waals surface area contributed by atoms with Crippen LogP contribution in [0.1, 0.15) is 23.2 Å². The molecule has 0 aromatic carbocycles. The molecule has 0 amide bonds. The zero-order valence-corrected chi connectivity index (χ0v) is 10.9. The summed E-state index contributed by atoms with van der Waals surface area (Å²) in [6.45, 7) is 0.484. The smallest absolute Gasteiger partial charge is 0.337 e. The maximum absolute atomic E-state index is 12.2. The maximum atomic E-state index is 12.2. The van der Waals surface area contributed by atoms with Crippen LogP contribution in [0.2, 0.25) is 0 Å². The van der Waals surface area contributed by atoms with Gasteiger partial charge in [0.2, 0.25) is 0 Å². The van der Waals surface area contributed by atoms with Crippen molar-refractivity contribution in [2.24, 2.45) is 0 Å². The number of aromatic carboxylic acids is 1. The van der Waals surface area contributed by atoms with Gasteiger partial charge in [-0.05, 0) is 25.0 Å². The van der Waals surface area contributed by atoms with Crippen molar-refractivity contribution >= 4 is 16.0 Å². The van der Waals surface area contributed by atoms with Gasteiger partial charge in [0.15, 0.2) is 5.03 Å². The zero-order valence-electron chi connectivity index (χ0n) is 10.1. The number of hydrogen-bond donors (Lipinski definition) is 2. The predicted molar refractivity (Wildman–Crippen MR) is 65.2 cm³/mol. The number of nitrogens with zero attached hydrogens (tertiary/aromatic N) is 2. The lowest BCUT2D eigenvalue weighted by atomic mass is 10.1. The molecule has 2 rings (SSSR count). The zero-order chi connectivity index (χ0) is 14.0. The van der Waals surface area contributed by atoms with Crippen molar-refractivity contribution < 1.29 is 23.4 Å². The molecule has 0 aliphatic carbocycles. The van der Waals surface area contributed by atoms with Gasteiger partial charge in [-0.2, -0.15) is 4.31 Å². The Bertz CT molecular complexity index is 561. The number of carbonyl (C=O) groups is 1. The van der Waals surface area contributed by atoms with Gasteiger partial charge in [0.25, 0.3) is 10.0 Å². The third kappa shape index (κ3) is 2.91. The first-order valence-electron chi connectivity index (χ1n) is 5.79. The maximum Gasteiger partial charge on any atom is 0.337 e. The molecule has 0 spiro atoms.